The van der Waals surface area contributed by atoms with Crippen molar-refractivity contribution in [1.82, 2.24) is 0 Å². The molecule has 0 heterocycles. The van der Waals surface area contributed by atoms with E-state index >= 15 is 0 Å². The van der Waals surface area contributed by atoms with Crippen LogP contribution in [0.1, 0.15) is 39.5 Å². The Labute approximate surface area is 96.6 Å². The number of halogens is 1. The Morgan fingerprint density at radius 3 is 2.20 bits per heavy atom. The van der Waals surface area contributed by atoms with E-state index in [1.807, 2.05) is 19.9 Å². The molecule has 0 aromatic rings. The molecule has 0 unspecified atom stereocenters. The second kappa shape index (κ2) is 8.54. The molecule has 86 valence electrons. The number of carbonyl (C=O) groups excluding carboxylic acids is 1. The van der Waals surface area contributed by atoms with E-state index < -0.39 is 5.97 Å². The van der Waals surface area contributed by atoms with E-state index in [0.717, 1.165) is 12.8 Å². The molecule has 0 aliphatic heterocycles. The molecule has 0 saturated carbocycles. The lowest BCUT2D eigenvalue weighted by Crippen LogP contribution is -2.21. The number of hydrogen-bond acceptors (Lipinski definition) is 2. The molecule has 3 heteroatoms. The molecule has 2 nitrogen and oxygen atoms in total. The van der Waals surface area contributed by atoms with Gasteiger partial charge in [0.25, 0.3) is 0 Å². The first-order valence-electron chi connectivity index (χ1n) is 5.13. The second-order valence-electron chi connectivity index (χ2n) is 3.68. The summed E-state index contributed by atoms with van der Waals surface area (Å²) >= 11 is 5.63. The molecule has 0 aliphatic carbocycles. The zero-order chi connectivity index (χ0) is 11.7. The highest BCUT2D eigenvalue weighted by molar-refractivity contribution is 6.19. The van der Waals surface area contributed by atoms with E-state index in [2.05, 4.69) is 6.08 Å². The Morgan fingerprint density at radius 2 is 1.67 bits per heavy atom. The molecule has 0 amide bonds. The Morgan fingerprint density at radius 1 is 1.13 bits per heavy atom. The van der Waals surface area contributed by atoms with Gasteiger partial charge in [-0.25, -0.2) is 0 Å². The van der Waals surface area contributed by atoms with Crippen molar-refractivity contribution in [1.29, 1.82) is 0 Å². The fraction of sp³-hybridized carbons (Fsp3) is 0.583. The topological polar surface area (TPSA) is 40.1 Å². The number of carboxylic acid groups (broad SMARTS) is 1. The lowest BCUT2D eigenvalue weighted by Gasteiger charge is -2.01. The monoisotopic (exact) mass is 229 g/mol. The fourth-order valence-electron chi connectivity index (χ4n) is 1.14. The highest BCUT2D eigenvalue weighted by Crippen LogP contribution is 2.08. The molecule has 0 N–H and O–H groups in total. The van der Waals surface area contributed by atoms with Crippen molar-refractivity contribution in [3.8, 4) is 0 Å². The van der Waals surface area contributed by atoms with Gasteiger partial charge in [0.15, 0.2) is 0 Å². The van der Waals surface area contributed by atoms with Crippen molar-refractivity contribution in [2.75, 3.05) is 5.88 Å². The number of carboxylic acids is 1. The van der Waals surface area contributed by atoms with Gasteiger partial charge >= 0.3 is 0 Å². The van der Waals surface area contributed by atoms with Gasteiger partial charge in [0.2, 0.25) is 0 Å². The SMILES string of the molecule is C/C(=C\CC/C(C)=C/CCC(=O)[O-])CCl. The summed E-state index contributed by atoms with van der Waals surface area (Å²) in [6.07, 6.45) is 6.66. The molecule has 0 atom stereocenters. The predicted octanol–water partition coefficient (Wildman–Crippen LogP) is 2.43. The molecule has 0 rings (SSSR count). The van der Waals surface area contributed by atoms with Crippen LogP contribution in [-0.2, 0) is 4.79 Å². The van der Waals surface area contributed by atoms with E-state index in [0.29, 0.717) is 12.3 Å². The third-order valence-electron chi connectivity index (χ3n) is 2.08. The van der Waals surface area contributed by atoms with Crippen LogP contribution >= 0.6 is 11.6 Å². The molecule has 0 fully saturated rings. The van der Waals surface area contributed by atoms with Gasteiger partial charge in [-0.15, -0.1) is 11.6 Å². The zero-order valence-corrected chi connectivity index (χ0v) is 10.1. The third-order valence-corrected chi connectivity index (χ3v) is 2.51. The molecule has 0 bridgehead atoms. The van der Waals surface area contributed by atoms with Crippen LogP contribution < -0.4 is 5.11 Å². The second-order valence-corrected chi connectivity index (χ2v) is 3.95. The minimum Gasteiger partial charge on any atom is -0.550 e. The minimum atomic E-state index is -0.989. The number of hydrogen-bond donors (Lipinski definition) is 0. The van der Waals surface area contributed by atoms with Crippen LogP contribution in [0.25, 0.3) is 0 Å². The van der Waals surface area contributed by atoms with Gasteiger partial charge in [0, 0.05) is 11.8 Å². The van der Waals surface area contributed by atoms with Crippen LogP contribution in [0.3, 0.4) is 0 Å². The van der Waals surface area contributed by atoms with E-state index in [4.69, 9.17) is 11.6 Å². The van der Waals surface area contributed by atoms with Gasteiger partial charge in [0.1, 0.15) is 0 Å². The number of aliphatic carboxylic acids is 1. The summed E-state index contributed by atoms with van der Waals surface area (Å²) in [6.45, 7) is 4.02. The van der Waals surface area contributed by atoms with E-state index in [1.165, 1.54) is 11.1 Å². The Hall–Kier alpha value is -0.760. The lowest BCUT2D eigenvalue weighted by molar-refractivity contribution is -0.305. The van der Waals surface area contributed by atoms with Gasteiger partial charge in [0.05, 0.1) is 0 Å². The van der Waals surface area contributed by atoms with Crippen LogP contribution in [0.2, 0.25) is 0 Å². The summed E-state index contributed by atoms with van der Waals surface area (Å²) < 4.78 is 0. The predicted molar refractivity (Wildman–Crippen MR) is 61.7 cm³/mol. The number of allylic oxidation sites excluding steroid dienone is 4. The maximum Gasteiger partial charge on any atom is 0.0430 e. The highest BCUT2D eigenvalue weighted by Gasteiger charge is 1.91. The molecule has 0 aliphatic rings. The molecule has 0 radical (unpaired) electrons. The number of carbonyl (C=O) groups is 1. The van der Waals surface area contributed by atoms with E-state index in [9.17, 15) is 9.90 Å². The Balaban J connectivity index is 3.73. The van der Waals surface area contributed by atoms with Gasteiger partial charge in [-0.1, -0.05) is 23.3 Å². The summed E-state index contributed by atoms with van der Waals surface area (Å²) in [7, 11) is 0. The van der Waals surface area contributed by atoms with Gasteiger partial charge in [-0.05, 0) is 39.5 Å². The molecule has 15 heavy (non-hydrogen) atoms. The maximum absolute atomic E-state index is 10.2. The maximum atomic E-state index is 10.2. The van der Waals surface area contributed by atoms with E-state index in [-0.39, 0.29) is 6.42 Å². The van der Waals surface area contributed by atoms with Crippen molar-refractivity contribution in [2.45, 2.75) is 39.5 Å². The molecular weight excluding hydrogens is 212 g/mol. The van der Waals surface area contributed by atoms with E-state index in [1.54, 1.807) is 0 Å². The molecule has 0 saturated heterocycles. The molecule has 0 aromatic heterocycles. The highest BCUT2D eigenvalue weighted by atomic mass is 35.5. The summed E-state index contributed by atoms with van der Waals surface area (Å²) in [6, 6.07) is 0. The standard InChI is InChI=1S/C12H19ClO2/c1-10(6-4-8-12(14)15)5-3-7-11(2)9-13/h6-7H,3-5,8-9H2,1-2H3,(H,14,15)/p-1/b10-6+,11-7+. The largest absolute Gasteiger partial charge is 0.550 e. The van der Waals surface area contributed by atoms with Crippen molar-refractivity contribution < 1.29 is 9.90 Å². The summed E-state index contributed by atoms with van der Waals surface area (Å²) in [5.41, 5.74) is 2.40. The lowest BCUT2D eigenvalue weighted by atomic mass is 10.1. The number of alkyl halides is 1. The van der Waals surface area contributed by atoms with Crippen LogP contribution in [0.4, 0.5) is 0 Å². The average molecular weight is 230 g/mol. The molecular formula is C12H18ClO2-. The normalized spacial score (nSPS) is 13.0. The summed E-state index contributed by atoms with van der Waals surface area (Å²) in [5.74, 6) is -0.412. The Bertz CT molecular complexity index is 254. The van der Waals surface area contributed by atoms with Crippen molar-refractivity contribution in [3.63, 3.8) is 0 Å². The molecule has 0 aromatic carbocycles. The Kier molecular flexibility index (Phi) is 8.11. The van der Waals surface area contributed by atoms with Crippen LogP contribution in [-0.4, -0.2) is 11.8 Å². The van der Waals surface area contributed by atoms with Gasteiger partial charge < -0.3 is 9.90 Å². The first-order chi connectivity index (χ1) is 7.06. The minimum absolute atomic E-state index is 0.105. The van der Waals surface area contributed by atoms with Crippen molar-refractivity contribution >= 4 is 17.6 Å². The smallest absolute Gasteiger partial charge is 0.0430 e. The first kappa shape index (κ1) is 14.2. The fourth-order valence-corrected chi connectivity index (χ4v) is 1.25. The zero-order valence-electron chi connectivity index (χ0n) is 9.38. The van der Waals surface area contributed by atoms with Crippen molar-refractivity contribution in [3.05, 3.63) is 23.3 Å². The summed E-state index contributed by atoms with van der Waals surface area (Å²) in [4.78, 5) is 10.2. The molecule has 0 spiro atoms. The third kappa shape index (κ3) is 9.54. The average Bonchev–Trinajstić information content (AvgIpc) is 2.17. The van der Waals surface area contributed by atoms with Crippen LogP contribution in [0.15, 0.2) is 23.3 Å². The van der Waals surface area contributed by atoms with Gasteiger partial charge in [-0.2, -0.15) is 0 Å². The quantitative estimate of drug-likeness (QED) is 0.497. The van der Waals surface area contributed by atoms with Crippen LogP contribution in [0.5, 0.6) is 0 Å². The van der Waals surface area contributed by atoms with Crippen molar-refractivity contribution in [2.24, 2.45) is 0 Å². The first-order valence-corrected chi connectivity index (χ1v) is 5.66. The summed E-state index contributed by atoms with van der Waals surface area (Å²) in [5, 5.41) is 10.2. The van der Waals surface area contributed by atoms with Gasteiger partial charge in [-0.3, -0.25) is 0 Å². The number of rotatable bonds is 7. The van der Waals surface area contributed by atoms with Crippen LogP contribution in [0, 0.1) is 0 Å².